The Kier molecular flexibility index (Phi) is 8.53. The van der Waals surface area contributed by atoms with E-state index in [1.54, 1.807) is 0 Å². The van der Waals surface area contributed by atoms with E-state index in [0.29, 0.717) is 0 Å². The van der Waals surface area contributed by atoms with Crippen LogP contribution in [0.15, 0.2) is 0 Å². The molecule has 0 aliphatic rings. The first-order valence-corrected chi connectivity index (χ1v) is 4.03. The van der Waals surface area contributed by atoms with Crippen LogP contribution in [0.5, 0.6) is 0 Å². The van der Waals surface area contributed by atoms with Crippen molar-refractivity contribution in [2.24, 2.45) is 0 Å². The highest BCUT2D eigenvalue weighted by Crippen LogP contribution is 1.67. The van der Waals surface area contributed by atoms with Crippen molar-refractivity contribution in [2.75, 3.05) is 0 Å². The molecule has 0 fully saturated rings. The SMILES string of the molecule is CCC#CC#COC#CC#CCC. The summed E-state index contributed by atoms with van der Waals surface area (Å²) in [5.74, 6) is 15.7. The van der Waals surface area contributed by atoms with Gasteiger partial charge in [-0.25, -0.2) is 0 Å². The lowest BCUT2D eigenvalue weighted by Gasteiger charge is -1.70. The van der Waals surface area contributed by atoms with Gasteiger partial charge in [-0.05, 0) is 11.8 Å². The second-order valence-electron chi connectivity index (χ2n) is 1.87. The first-order chi connectivity index (χ1) is 6.41. The predicted molar refractivity (Wildman–Crippen MR) is 52.8 cm³/mol. The van der Waals surface area contributed by atoms with E-state index in [9.17, 15) is 0 Å². The van der Waals surface area contributed by atoms with Crippen molar-refractivity contribution in [3.05, 3.63) is 0 Å². The fourth-order valence-corrected chi connectivity index (χ4v) is 0.393. The van der Waals surface area contributed by atoms with Crippen LogP contribution < -0.4 is 0 Å². The van der Waals surface area contributed by atoms with Gasteiger partial charge in [-0.15, -0.1) is 0 Å². The normalized spacial score (nSPS) is 5.38. The lowest BCUT2D eigenvalue weighted by Crippen LogP contribution is -1.65. The summed E-state index contributed by atoms with van der Waals surface area (Å²) in [6, 6.07) is 0. The van der Waals surface area contributed by atoms with Crippen molar-refractivity contribution < 1.29 is 4.74 Å². The van der Waals surface area contributed by atoms with Gasteiger partial charge >= 0.3 is 0 Å². The summed E-state index contributed by atoms with van der Waals surface area (Å²) in [6.45, 7) is 3.91. The summed E-state index contributed by atoms with van der Waals surface area (Å²) in [5.41, 5.74) is 0. The van der Waals surface area contributed by atoms with Crippen molar-refractivity contribution in [1.29, 1.82) is 0 Å². The Labute approximate surface area is 79.9 Å². The van der Waals surface area contributed by atoms with E-state index in [1.807, 2.05) is 13.8 Å². The second kappa shape index (κ2) is 10.0. The molecule has 1 nitrogen and oxygen atoms in total. The number of ether oxygens (including phenoxy) is 1. The molecule has 0 aromatic rings. The lowest BCUT2D eigenvalue weighted by molar-refractivity contribution is 0.479. The summed E-state index contributed by atoms with van der Waals surface area (Å²) in [7, 11) is 0. The molecule has 0 rings (SSSR count). The van der Waals surface area contributed by atoms with Crippen LogP contribution in [0.25, 0.3) is 0 Å². The Balaban J connectivity index is 3.74. The third-order valence-corrected chi connectivity index (χ3v) is 0.859. The van der Waals surface area contributed by atoms with Gasteiger partial charge in [0.05, 0.1) is 0 Å². The van der Waals surface area contributed by atoms with E-state index < -0.39 is 0 Å². The van der Waals surface area contributed by atoms with Crippen molar-refractivity contribution in [3.8, 4) is 47.7 Å². The van der Waals surface area contributed by atoms with Gasteiger partial charge in [-0.2, -0.15) is 0 Å². The zero-order valence-corrected chi connectivity index (χ0v) is 7.82. The number of rotatable bonds is 0. The minimum absolute atomic E-state index is 0.794. The molecule has 0 heterocycles. The maximum absolute atomic E-state index is 4.60. The van der Waals surface area contributed by atoms with E-state index in [2.05, 4.69) is 52.5 Å². The molecule has 0 N–H and O–H groups in total. The molecule has 0 aromatic heterocycles. The smallest absolute Gasteiger partial charge is 0.144 e. The molecule has 0 atom stereocenters. The summed E-state index contributed by atoms with van der Waals surface area (Å²) in [6.07, 6.45) is 6.25. The van der Waals surface area contributed by atoms with Gasteiger partial charge in [-0.3, -0.25) is 0 Å². The van der Waals surface area contributed by atoms with Crippen molar-refractivity contribution in [3.63, 3.8) is 0 Å². The minimum atomic E-state index is 0.794. The standard InChI is InChI=1S/C12H10O/c1-3-5-7-9-11-13-12-10-8-6-4-2/h3-4H2,1-2H3. The summed E-state index contributed by atoms with van der Waals surface area (Å²) >= 11 is 0. The molecule has 0 aliphatic carbocycles. The van der Waals surface area contributed by atoms with E-state index >= 15 is 0 Å². The molecule has 0 amide bonds. The van der Waals surface area contributed by atoms with Gasteiger partial charge in [0.2, 0.25) is 0 Å². The molecule has 0 unspecified atom stereocenters. The Morgan fingerprint density at radius 2 is 1.23 bits per heavy atom. The lowest BCUT2D eigenvalue weighted by atomic mass is 10.5. The van der Waals surface area contributed by atoms with E-state index in [0.717, 1.165) is 12.8 Å². The molecule has 1 heteroatoms. The third-order valence-electron chi connectivity index (χ3n) is 0.859. The minimum Gasteiger partial charge on any atom is -0.355 e. The van der Waals surface area contributed by atoms with Gasteiger partial charge in [0.15, 0.2) is 0 Å². The molecule has 0 saturated carbocycles. The molecule has 13 heavy (non-hydrogen) atoms. The predicted octanol–water partition coefficient (Wildman–Crippen LogP) is 1.75. The van der Waals surface area contributed by atoms with Crippen LogP contribution in [0.3, 0.4) is 0 Å². The molecular formula is C12H10O. The molecule has 0 bridgehead atoms. The quantitative estimate of drug-likeness (QED) is 0.503. The van der Waals surface area contributed by atoms with Gasteiger partial charge in [0.1, 0.15) is 12.2 Å². The van der Waals surface area contributed by atoms with Crippen LogP contribution in [0.2, 0.25) is 0 Å². The van der Waals surface area contributed by atoms with Crippen LogP contribution in [0.4, 0.5) is 0 Å². The first-order valence-electron chi connectivity index (χ1n) is 4.03. The van der Waals surface area contributed by atoms with Gasteiger partial charge in [0, 0.05) is 24.7 Å². The molecule has 0 aromatic carbocycles. The molecular weight excluding hydrogens is 160 g/mol. The Morgan fingerprint density at radius 3 is 1.62 bits per heavy atom. The Bertz CT molecular complexity index is 322. The van der Waals surface area contributed by atoms with E-state index in [1.165, 1.54) is 0 Å². The highest BCUT2D eigenvalue weighted by atomic mass is 16.5. The van der Waals surface area contributed by atoms with Gasteiger partial charge in [0.25, 0.3) is 0 Å². The topological polar surface area (TPSA) is 9.23 Å². The maximum Gasteiger partial charge on any atom is 0.144 e. The highest BCUT2D eigenvalue weighted by Gasteiger charge is 1.63. The molecule has 64 valence electrons. The van der Waals surface area contributed by atoms with Gasteiger partial charge in [-0.1, -0.05) is 25.7 Å². The third kappa shape index (κ3) is 10.0. The van der Waals surface area contributed by atoms with Gasteiger partial charge < -0.3 is 4.74 Å². The van der Waals surface area contributed by atoms with Crippen LogP contribution in [0, 0.1) is 47.7 Å². The van der Waals surface area contributed by atoms with Crippen LogP contribution >= 0.6 is 0 Å². The zero-order valence-electron chi connectivity index (χ0n) is 7.82. The molecule has 0 aliphatic heterocycles. The van der Waals surface area contributed by atoms with Crippen molar-refractivity contribution in [1.82, 2.24) is 0 Å². The second-order valence-corrected chi connectivity index (χ2v) is 1.87. The number of hydrogen-bond acceptors (Lipinski definition) is 1. The first kappa shape index (κ1) is 11.0. The Hall–Kier alpha value is -1.96. The largest absolute Gasteiger partial charge is 0.355 e. The summed E-state index contributed by atoms with van der Waals surface area (Å²) in [5, 5.41) is 0. The average molecular weight is 170 g/mol. The molecule has 0 radical (unpaired) electrons. The summed E-state index contributed by atoms with van der Waals surface area (Å²) < 4.78 is 4.60. The van der Waals surface area contributed by atoms with Crippen LogP contribution in [-0.2, 0) is 4.74 Å². The molecule has 0 saturated heterocycles. The average Bonchev–Trinajstić information content (AvgIpc) is 2.16. The Morgan fingerprint density at radius 1 is 0.769 bits per heavy atom. The monoisotopic (exact) mass is 170 g/mol. The summed E-state index contributed by atoms with van der Waals surface area (Å²) in [4.78, 5) is 0. The molecule has 0 spiro atoms. The maximum atomic E-state index is 4.60. The highest BCUT2D eigenvalue weighted by molar-refractivity contribution is 5.26. The fraction of sp³-hybridized carbons (Fsp3) is 0.333. The zero-order chi connectivity index (χ0) is 9.78. The van der Waals surface area contributed by atoms with Crippen LogP contribution in [-0.4, -0.2) is 0 Å². The van der Waals surface area contributed by atoms with E-state index in [-0.39, 0.29) is 0 Å². The van der Waals surface area contributed by atoms with Crippen molar-refractivity contribution in [2.45, 2.75) is 26.7 Å². The van der Waals surface area contributed by atoms with Crippen molar-refractivity contribution >= 4 is 0 Å². The van der Waals surface area contributed by atoms with E-state index in [4.69, 9.17) is 0 Å². The van der Waals surface area contributed by atoms with Crippen LogP contribution in [0.1, 0.15) is 26.7 Å². The fourth-order valence-electron chi connectivity index (χ4n) is 0.393. The number of hydrogen-bond donors (Lipinski definition) is 0.